The van der Waals surface area contributed by atoms with Gasteiger partial charge in [0.15, 0.2) is 0 Å². The molecular formula is C21H25Cl2N3O. The summed E-state index contributed by atoms with van der Waals surface area (Å²) in [4.78, 5) is 19.7. The molecule has 0 saturated carbocycles. The summed E-state index contributed by atoms with van der Waals surface area (Å²) in [6, 6.07) is 14.3. The number of hydrogen-bond acceptors (Lipinski definition) is 3. The van der Waals surface area contributed by atoms with Crippen LogP contribution in [0, 0.1) is 5.92 Å². The second kappa shape index (κ2) is 8.87. The Hall–Kier alpha value is -1.88. The van der Waals surface area contributed by atoms with Crippen LogP contribution in [0.2, 0.25) is 0 Å². The van der Waals surface area contributed by atoms with Crippen molar-refractivity contribution in [1.82, 2.24) is 9.88 Å². The van der Waals surface area contributed by atoms with Crippen LogP contribution in [0.25, 0.3) is 21.7 Å². The molecule has 3 aromatic rings. The summed E-state index contributed by atoms with van der Waals surface area (Å²) in [5.41, 5.74) is 7.52. The molecule has 144 valence electrons. The lowest BCUT2D eigenvalue weighted by atomic mass is 9.90. The van der Waals surface area contributed by atoms with Crippen LogP contribution in [-0.4, -0.2) is 34.9 Å². The molecule has 6 heteroatoms. The van der Waals surface area contributed by atoms with Gasteiger partial charge >= 0.3 is 0 Å². The number of aromatic nitrogens is 1. The van der Waals surface area contributed by atoms with E-state index in [1.807, 2.05) is 35.2 Å². The lowest BCUT2D eigenvalue weighted by molar-refractivity contribution is 0.0683. The highest BCUT2D eigenvalue weighted by atomic mass is 35.5. The maximum Gasteiger partial charge on any atom is 0.256 e. The molecule has 0 aliphatic carbocycles. The third-order valence-electron chi connectivity index (χ3n) is 5.41. The van der Waals surface area contributed by atoms with Gasteiger partial charge in [0.1, 0.15) is 0 Å². The molecule has 1 saturated heterocycles. The zero-order valence-corrected chi connectivity index (χ0v) is 16.9. The quantitative estimate of drug-likeness (QED) is 0.641. The minimum Gasteiger partial charge on any atom is -0.339 e. The molecule has 2 heterocycles. The fraction of sp³-hybridized carbons (Fsp3) is 0.333. The van der Waals surface area contributed by atoms with E-state index in [1.54, 1.807) is 6.20 Å². The molecule has 0 radical (unpaired) electrons. The molecule has 1 aliphatic rings. The number of carbonyl (C=O) groups is 1. The van der Waals surface area contributed by atoms with Crippen molar-refractivity contribution in [2.75, 3.05) is 13.1 Å². The molecule has 1 aromatic heterocycles. The van der Waals surface area contributed by atoms with E-state index < -0.39 is 0 Å². The van der Waals surface area contributed by atoms with Crippen LogP contribution < -0.4 is 5.73 Å². The van der Waals surface area contributed by atoms with E-state index in [2.05, 4.69) is 24.0 Å². The predicted octanol–water partition coefficient (Wildman–Crippen LogP) is 4.43. The van der Waals surface area contributed by atoms with Gasteiger partial charge in [-0.05, 0) is 48.6 Å². The molecule has 1 fully saturated rings. The Bertz CT molecular complexity index is 937. The second-order valence-corrected chi connectivity index (χ2v) is 7.03. The third-order valence-corrected chi connectivity index (χ3v) is 5.41. The number of carbonyl (C=O) groups excluding carboxylic acids is 1. The number of amides is 1. The number of nitrogens with zero attached hydrogens (tertiary/aromatic N) is 2. The van der Waals surface area contributed by atoms with Gasteiger partial charge in [0, 0.05) is 30.7 Å². The number of likely N-dealkylation sites (tertiary alicyclic amines) is 1. The summed E-state index contributed by atoms with van der Waals surface area (Å²) < 4.78 is 0. The molecule has 2 aromatic carbocycles. The average molecular weight is 406 g/mol. The highest BCUT2D eigenvalue weighted by Crippen LogP contribution is 2.29. The van der Waals surface area contributed by atoms with E-state index in [1.165, 1.54) is 0 Å². The Labute approximate surface area is 171 Å². The fourth-order valence-electron chi connectivity index (χ4n) is 3.89. The third kappa shape index (κ3) is 4.03. The number of rotatable bonds is 2. The number of halogens is 2. The number of piperidine rings is 1. The van der Waals surface area contributed by atoms with Gasteiger partial charge in [0.25, 0.3) is 5.91 Å². The molecule has 2 N–H and O–H groups in total. The van der Waals surface area contributed by atoms with Crippen molar-refractivity contribution in [3.8, 4) is 0 Å². The Morgan fingerprint density at radius 2 is 1.78 bits per heavy atom. The molecule has 4 rings (SSSR count). The molecule has 1 amide bonds. The standard InChI is InChI=1S/C21H23N3O.2ClH/c1-14(22)15-8-11-24(12-9-15)21(25)19-13-16-5-2-3-6-17(16)18-7-4-10-23-20(18)19;;/h2-7,10,13-15H,8-9,11-12,22H2,1H3;2*1H. The first kappa shape index (κ1) is 21.4. The zero-order chi connectivity index (χ0) is 17.4. The van der Waals surface area contributed by atoms with Crippen LogP contribution in [0.3, 0.4) is 0 Å². The van der Waals surface area contributed by atoms with Crippen molar-refractivity contribution in [2.45, 2.75) is 25.8 Å². The van der Waals surface area contributed by atoms with Gasteiger partial charge in [-0.25, -0.2) is 0 Å². The lowest BCUT2D eigenvalue weighted by Gasteiger charge is -2.34. The van der Waals surface area contributed by atoms with Crippen LogP contribution in [0.15, 0.2) is 48.7 Å². The first-order valence-electron chi connectivity index (χ1n) is 8.96. The second-order valence-electron chi connectivity index (χ2n) is 7.03. The van der Waals surface area contributed by atoms with Crippen LogP contribution in [0.1, 0.15) is 30.1 Å². The first-order chi connectivity index (χ1) is 12.1. The molecule has 1 unspecified atom stereocenters. The van der Waals surface area contributed by atoms with E-state index in [9.17, 15) is 4.79 Å². The topological polar surface area (TPSA) is 59.2 Å². The Morgan fingerprint density at radius 3 is 2.48 bits per heavy atom. The van der Waals surface area contributed by atoms with Crippen LogP contribution >= 0.6 is 24.8 Å². The summed E-state index contributed by atoms with van der Waals surface area (Å²) in [6.07, 6.45) is 3.71. The minimum absolute atomic E-state index is 0. The van der Waals surface area contributed by atoms with E-state index in [4.69, 9.17) is 5.73 Å². The minimum atomic E-state index is 0. The molecule has 0 bridgehead atoms. The van der Waals surface area contributed by atoms with Crippen LogP contribution in [0.4, 0.5) is 0 Å². The molecular weight excluding hydrogens is 381 g/mol. The Morgan fingerprint density at radius 1 is 1.11 bits per heavy atom. The van der Waals surface area contributed by atoms with E-state index in [-0.39, 0.29) is 36.8 Å². The number of benzene rings is 2. The zero-order valence-electron chi connectivity index (χ0n) is 15.3. The van der Waals surface area contributed by atoms with Gasteiger partial charge in [-0.1, -0.05) is 30.3 Å². The van der Waals surface area contributed by atoms with E-state index in [0.29, 0.717) is 11.5 Å². The number of hydrogen-bond donors (Lipinski definition) is 1. The maximum absolute atomic E-state index is 13.2. The average Bonchev–Trinajstić information content (AvgIpc) is 2.67. The number of pyridine rings is 1. The van der Waals surface area contributed by atoms with Gasteiger partial charge < -0.3 is 10.6 Å². The largest absolute Gasteiger partial charge is 0.339 e. The highest BCUT2D eigenvalue weighted by molar-refractivity contribution is 6.15. The summed E-state index contributed by atoms with van der Waals surface area (Å²) in [5.74, 6) is 0.591. The van der Waals surface area contributed by atoms with Gasteiger partial charge in [-0.2, -0.15) is 0 Å². The van der Waals surface area contributed by atoms with Crippen molar-refractivity contribution in [1.29, 1.82) is 0 Å². The normalized spacial score (nSPS) is 15.9. The number of fused-ring (bicyclic) bond motifs is 3. The van der Waals surface area contributed by atoms with Crippen LogP contribution in [-0.2, 0) is 0 Å². The van der Waals surface area contributed by atoms with Crippen molar-refractivity contribution in [3.63, 3.8) is 0 Å². The van der Waals surface area contributed by atoms with Gasteiger partial charge in [0.2, 0.25) is 0 Å². The molecule has 4 nitrogen and oxygen atoms in total. The first-order valence-corrected chi connectivity index (χ1v) is 8.96. The van der Waals surface area contributed by atoms with Crippen molar-refractivity contribution < 1.29 is 4.79 Å². The van der Waals surface area contributed by atoms with Crippen LogP contribution in [0.5, 0.6) is 0 Å². The fourth-order valence-corrected chi connectivity index (χ4v) is 3.89. The van der Waals surface area contributed by atoms with E-state index >= 15 is 0 Å². The molecule has 1 atom stereocenters. The molecule has 0 spiro atoms. The maximum atomic E-state index is 13.2. The summed E-state index contributed by atoms with van der Waals surface area (Å²) in [5, 5.41) is 3.25. The monoisotopic (exact) mass is 405 g/mol. The molecule has 27 heavy (non-hydrogen) atoms. The highest BCUT2D eigenvalue weighted by Gasteiger charge is 2.27. The van der Waals surface area contributed by atoms with E-state index in [0.717, 1.165) is 47.6 Å². The smallest absolute Gasteiger partial charge is 0.256 e. The SMILES string of the molecule is CC(N)C1CCN(C(=O)c2cc3ccccc3c3cccnc23)CC1.Cl.Cl. The summed E-state index contributed by atoms with van der Waals surface area (Å²) >= 11 is 0. The predicted molar refractivity (Wildman–Crippen MR) is 116 cm³/mol. The Kier molecular flexibility index (Phi) is 7.04. The Balaban J connectivity index is 0.00000131. The van der Waals surface area contributed by atoms with Crippen molar-refractivity contribution >= 4 is 52.4 Å². The summed E-state index contributed by atoms with van der Waals surface area (Å²) in [6.45, 7) is 3.60. The summed E-state index contributed by atoms with van der Waals surface area (Å²) in [7, 11) is 0. The lowest BCUT2D eigenvalue weighted by Crippen LogP contribution is -2.42. The van der Waals surface area contributed by atoms with Gasteiger partial charge in [-0.15, -0.1) is 24.8 Å². The number of nitrogens with two attached hydrogens (primary N) is 1. The van der Waals surface area contributed by atoms with Crippen molar-refractivity contribution in [3.05, 3.63) is 54.2 Å². The van der Waals surface area contributed by atoms with Gasteiger partial charge in [-0.3, -0.25) is 9.78 Å². The molecule has 1 aliphatic heterocycles. The van der Waals surface area contributed by atoms with Gasteiger partial charge in [0.05, 0.1) is 11.1 Å². The van der Waals surface area contributed by atoms with Crippen molar-refractivity contribution in [2.24, 2.45) is 11.7 Å².